The number of rotatable bonds is 6. The number of imidazole rings is 1. The summed E-state index contributed by atoms with van der Waals surface area (Å²) in [5.74, 6) is 0.195. The fraction of sp³-hybridized carbons (Fsp3) is 0.276. The van der Waals surface area contributed by atoms with Crippen LogP contribution in [0.15, 0.2) is 72.0 Å². The van der Waals surface area contributed by atoms with Crippen LogP contribution >= 0.6 is 11.6 Å². The highest BCUT2D eigenvalue weighted by atomic mass is 35.5. The number of pyridine rings is 2. The van der Waals surface area contributed by atoms with E-state index in [1.165, 1.54) is 0 Å². The summed E-state index contributed by atoms with van der Waals surface area (Å²) < 4.78 is 3.64. The zero-order valence-electron chi connectivity index (χ0n) is 21.5. The van der Waals surface area contributed by atoms with Gasteiger partial charge in [0.05, 0.1) is 44.9 Å². The second-order valence-electron chi connectivity index (χ2n) is 10.1. The lowest BCUT2D eigenvalue weighted by molar-refractivity contribution is 0.0919. The predicted octanol–water partition coefficient (Wildman–Crippen LogP) is 4.92. The van der Waals surface area contributed by atoms with Crippen LogP contribution in [0.4, 0.5) is 0 Å². The van der Waals surface area contributed by atoms with Crippen molar-refractivity contribution in [1.82, 2.24) is 34.6 Å². The highest BCUT2D eigenvalue weighted by molar-refractivity contribution is 6.30. The van der Waals surface area contributed by atoms with Crippen molar-refractivity contribution in [3.63, 3.8) is 0 Å². The van der Waals surface area contributed by atoms with Crippen LogP contribution in [0.25, 0.3) is 28.0 Å². The Morgan fingerprint density at radius 3 is 2.64 bits per heavy atom. The van der Waals surface area contributed by atoms with Gasteiger partial charge in [0.2, 0.25) is 0 Å². The van der Waals surface area contributed by atoms with Crippen LogP contribution in [0, 0.1) is 12.8 Å². The van der Waals surface area contributed by atoms with Crippen LogP contribution in [0.3, 0.4) is 0 Å². The second kappa shape index (κ2) is 10.5. The monoisotopic (exact) mass is 541 g/mol. The first-order valence-electron chi connectivity index (χ1n) is 13.1. The lowest BCUT2D eigenvalue weighted by Crippen LogP contribution is -2.39. The van der Waals surface area contributed by atoms with E-state index in [4.69, 9.17) is 11.6 Å². The van der Waals surface area contributed by atoms with Gasteiger partial charge in [0.25, 0.3) is 5.91 Å². The number of hydrogen-bond acceptors (Lipinski definition) is 5. The Bertz CT molecular complexity index is 1700. The van der Waals surface area contributed by atoms with Crippen molar-refractivity contribution in [2.24, 2.45) is 5.92 Å². The van der Waals surface area contributed by atoms with E-state index in [2.05, 4.69) is 25.5 Å². The second-order valence-corrected chi connectivity index (χ2v) is 10.5. The first kappa shape index (κ1) is 25.1. The molecule has 0 unspecified atom stereocenters. The minimum atomic E-state index is -0.141. The zero-order chi connectivity index (χ0) is 26.9. The molecule has 1 aromatic carbocycles. The summed E-state index contributed by atoms with van der Waals surface area (Å²) in [5, 5.41) is 10.4. The van der Waals surface area contributed by atoms with Gasteiger partial charge < -0.3 is 5.32 Å². The van der Waals surface area contributed by atoms with Gasteiger partial charge in [-0.1, -0.05) is 23.7 Å². The van der Waals surface area contributed by atoms with Gasteiger partial charge >= 0.3 is 5.69 Å². The van der Waals surface area contributed by atoms with E-state index in [0.717, 1.165) is 53.7 Å². The number of para-hydroxylation sites is 2. The lowest BCUT2D eigenvalue weighted by atomic mass is 9.85. The molecule has 1 fully saturated rings. The number of aryl methyl sites for hydroxylation is 1. The Morgan fingerprint density at radius 2 is 1.87 bits per heavy atom. The standard InChI is InChI=1S/C29H28ClN7O2/c1-18-24(12-21(30)16-32-18)28(38)35-22-8-6-19(7-9-22)17-36-26-4-2-3-5-27(26)37(29(36)39)23-10-11-31-25(13-23)20-14-33-34-15-20/h2-5,10-16,19,22H,6-9,17H2,1H3,(H,33,34)(H,35,38). The van der Waals surface area contributed by atoms with Crippen LogP contribution in [-0.4, -0.2) is 41.2 Å². The van der Waals surface area contributed by atoms with Crippen molar-refractivity contribution in [1.29, 1.82) is 0 Å². The number of aromatic nitrogens is 6. The number of H-pyrrole nitrogens is 1. The average Bonchev–Trinajstić information content (AvgIpc) is 3.58. The fourth-order valence-electron chi connectivity index (χ4n) is 5.49. The molecular formula is C29H28ClN7O2. The molecule has 0 bridgehead atoms. The third-order valence-electron chi connectivity index (χ3n) is 7.55. The molecule has 10 heteroatoms. The van der Waals surface area contributed by atoms with E-state index < -0.39 is 0 Å². The molecule has 1 aliphatic carbocycles. The third-order valence-corrected chi connectivity index (χ3v) is 7.76. The smallest absolute Gasteiger partial charge is 0.333 e. The Kier molecular flexibility index (Phi) is 6.74. The van der Waals surface area contributed by atoms with E-state index in [1.807, 2.05) is 41.0 Å². The van der Waals surface area contributed by atoms with Gasteiger partial charge in [0.1, 0.15) is 0 Å². The molecule has 4 heterocycles. The van der Waals surface area contributed by atoms with Gasteiger partial charge in [0.15, 0.2) is 0 Å². The molecule has 6 rings (SSSR count). The van der Waals surface area contributed by atoms with E-state index >= 15 is 0 Å². The number of carbonyl (C=O) groups is 1. The maximum absolute atomic E-state index is 13.8. The molecule has 0 saturated heterocycles. The average molecular weight is 542 g/mol. The highest BCUT2D eigenvalue weighted by Gasteiger charge is 2.26. The lowest BCUT2D eigenvalue weighted by Gasteiger charge is -2.29. The normalized spacial score (nSPS) is 17.4. The summed E-state index contributed by atoms with van der Waals surface area (Å²) in [5.41, 5.74) is 5.23. The van der Waals surface area contributed by atoms with Crippen molar-refractivity contribution >= 4 is 28.5 Å². The molecule has 198 valence electrons. The fourth-order valence-corrected chi connectivity index (χ4v) is 5.65. The molecule has 9 nitrogen and oxygen atoms in total. The molecule has 0 spiro atoms. The molecule has 39 heavy (non-hydrogen) atoms. The van der Waals surface area contributed by atoms with Crippen LogP contribution in [0.5, 0.6) is 0 Å². The SMILES string of the molecule is Cc1ncc(Cl)cc1C(=O)NC1CCC(Cn2c(=O)n(-c3ccnc(-c4cn[nH]c4)c3)c3ccccc32)CC1. The number of amides is 1. The number of halogens is 1. The molecule has 5 aromatic rings. The molecular weight excluding hydrogens is 514 g/mol. The summed E-state index contributed by atoms with van der Waals surface area (Å²) in [7, 11) is 0. The van der Waals surface area contributed by atoms with Crippen molar-refractivity contribution in [3.05, 3.63) is 94.0 Å². The maximum Gasteiger partial charge on any atom is 0.333 e. The molecule has 1 amide bonds. The van der Waals surface area contributed by atoms with E-state index in [-0.39, 0.29) is 17.6 Å². The summed E-state index contributed by atoms with van der Waals surface area (Å²) in [6, 6.07) is 13.4. The molecule has 1 saturated carbocycles. The van der Waals surface area contributed by atoms with Crippen molar-refractivity contribution in [3.8, 4) is 16.9 Å². The zero-order valence-corrected chi connectivity index (χ0v) is 22.2. The van der Waals surface area contributed by atoms with E-state index in [9.17, 15) is 9.59 Å². The Labute approximate surface area is 229 Å². The largest absolute Gasteiger partial charge is 0.349 e. The topological polar surface area (TPSA) is 110 Å². The van der Waals surface area contributed by atoms with Crippen molar-refractivity contribution in [2.75, 3.05) is 0 Å². The minimum Gasteiger partial charge on any atom is -0.349 e. The van der Waals surface area contributed by atoms with Gasteiger partial charge in [-0.3, -0.25) is 29.0 Å². The van der Waals surface area contributed by atoms with Crippen molar-refractivity contribution < 1.29 is 4.79 Å². The molecule has 0 aliphatic heterocycles. The first-order chi connectivity index (χ1) is 19.0. The van der Waals surface area contributed by atoms with Crippen LogP contribution in [-0.2, 0) is 6.54 Å². The Balaban J connectivity index is 1.20. The quantitative estimate of drug-likeness (QED) is 0.317. The summed E-state index contributed by atoms with van der Waals surface area (Å²) in [6.07, 6.45) is 10.3. The first-order valence-corrected chi connectivity index (χ1v) is 13.4. The molecule has 2 N–H and O–H groups in total. The van der Waals surface area contributed by atoms with Gasteiger partial charge in [-0.25, -0.2) is 4.79 Å². The van der Waals surface area contributed by atoms with E-state index in [1.54, 1.807) is 42.3 Å². The number of nitrogens with zero attached hydrogens (tertiary/aromatic N) is 5. The summed E-state index contributed by atoms with van der Waals surface area (Å²) in [6.45, 7) is 2.44. The highest BCUT2D eigenvalue weighted by Crippen LogP contribution is 2.28. The molecule has 1 aliphatic rings. The van der Waals surface area contributed by atoms with Gasteiger partial charge in [-0.2, -0.15) is 5.10 Å². The van der Waals surface area contributed by atoms with Gasteiger partial charge in [-0.15, -0.1) is 0 Å². The number of hydrogen-bond donors (Lipinski definition) is 2. The summed E-state index contributed by atoms with van der Waals surface area (Å²) in [4.78, 5) is 35.3. The molecule has 0 radical (unpaired) electrons. The Hall–Kier alpha value is -4.24. The Morgan fingerprint density at radius 1 is 1.08 bits per heavy atom. The van der Waals surface area contributed by atoms with E-state index in [0.29, 0.717) is 28.7 Å². The maximum atomic E-state index is 13.8. The number of benzene rings is 1. The van der Waals surface area contributed by atoms with Crippen molar-refractivity contribution in [2.45, 2.75) is 45.2 Å². The van der Waals surface area contributed by atoms with Crippen LogP contribution in [0.1, 0.15) is 41.7 Å². The molecule has 4 aromatic heterocycles. The van der Waals surface area contributed by atoms with Crippen LogP contribution in [0.2, 0.25) is 5.02 Å². The minimum absolute atomic E-state index is 0.0695. The molecule has 0 atom stereocenters. The third kappa shape index (κ3) is 4.97. The number of nitrogens with one attached hydrogen (secondary N) is 2. The summed E-state index contributed by atoms with van der Waals surface area (Å²) >= 11 is 6.05. The van der Waals surface area contributed by atoms with Gasteiger partial charge in [-0.05, 0) is 68.9 Å². The number of aromatic amines is 1. The predicted molar refractivity (Wildman–Crippen MR) is 150 cm³/mol. The van der Waals surface area contributed by atoms with Gasteiger partial charge in [0, 0.05) is 36.7 Å². The number of carbonyl (C=O) groups excluding carboxylic acids is 1. The van der Waals surface area contributed by atoms with Crippen LogP contribution < -0.4 is 11.0 Å². The number of fused-ring (bicyclic) bond motifs is 1.